The number of carboxylic acids is 1. The van der Waals surface area contributed by atoms with Gasteiger partial charge in [0.2, 0.25) is 0 Å². The number of rotatable bonds is 4. The normalized spacial score (nSPS) is 10.2. The second-order valence-corrected chi connectivity index (χ2v) is 4.80. The van der Waals surface area contributed by atoms with Gasteiger partial charge < -0.3 is 10.4 Å². The molecule has 0 saturated heterocycles. The number of hydrogen-bond donors (Lipinski definition) is 2. The van der Waals surface area contributed by atoms with Gasteiger partial charge in [-0.3, -0.25) is 0 Å². The van der Waals surface area contributed by atoms with Crippen molar-refractivity contribution in [3.63, 3.8) is 0 Å². The van der Waals surface area contributed by atoms with Crippen LogP contribution in [0, 0.1) is 5.82 Å². The third-order valence-electron chi connectivity index (χ3n) is 2.64. The van der Waals surface area contributed by atoms with Crippen LogP contribution in [0.1, 0.15) is 15.9 Å². The van der Waals surface area contributed by atoms with E-state index in [0.717, 1.165) is 16.1 Å². The molecule has 0 unspecified atom stereocenters. The predicted octanol–water partition coefficient (Wildman–Crippen LogP) is 3.90. The third-order valence-corrected chi connectivity index (χ3v) is 3.42. The van der Waals surface area contributed by atoms with Crippen LogP contribution >= 0.6 is 15.9 Å². The van der Waals surface area contributed by atoms with Gasteiger partial charge in [-0.15, -0.1) is 0 Å². The molecule has 2 aromatic rings. The Bertz CT molecular complexity index is 616. The van der Waals surface area contributed by atoms with Gasteiger partial charge in [0.1, 0.15) is 5.82 Å². The number of halogens is 2. The lowest BCUT2D eigenvalue weighted by atomic mass is 10.2. The SMILES string of the molecule is O=C(O)c1ccc(NCc2ccccc2Br)c(F)c1. The molecule has 2 N–H and O–H groups in total. The fourth-order valence-corrected chi connectivity index (χ4v) is 2.05. The van der Waals surface area contributed by atoms with Crippen LogP contribution in [0.25, 0.3) is 0 Å². The number of anilines is 1. The third kappa shape index (κ3) is 3.32. The Morgan fingerprint density at radius 2 is 2.00 bits per heavy atom. The highest BCUT2D eigenvalue weighted by Crippen LogP contribution is 2.20. The van der Waals surface area contributed by atoms with Crippen molar-refractivity contribution in [3.8, 4) is 0 Å². The standard InChI is InChI=1S/C14H11BrFNO2/c15-11-4-2-1-3-10(11)8-17-13-6-5-9(14(18)19)7-12(13)16/h1-7,17H,8H2,(H,18,19). The first kappa shape index (κ1) is 13.5. The van der Waals surface area contributed by atoms with Crippen LogP contribution < -0.4 is 5.32 Å². The van der Waals surface area contributed by atoms with E-state index in [1.165, 1.54) is 12.1 Å². The van der Waals surface area contributed by atoms with Crippen LogP contribution in [0.3, 0.4) is 0 Å². The fraction of sp³-hybridized carbons (Fsp3) is 0.0714. The summed E-state index contributed by atoms with van der Waals surface area (Å²) >= 11 is 3.41. The zero-order valence-corrected chi connectivity index (χ0v) is 11.4. The summed E-state index contributed by atoms with van der Waals surface area (Å²) in [6.07, 6.45) is 0. The van der Waals surface area contributed by atoms with E-state index in [-0.39, 0.29) is 11.3 Å². The van der Waals surface area contributed by atoms with Crippen molar-refractivity contribution in [1.82, 2.24) is 0 Å². The molecule has 3 nitrogen and oxygen atoms in total. The van der Waals surface area contributed by atoms with E-state index in [1.807, 2.05) is 24.3 Å². The highest BCUT2D eigenvalue weighted by atomic mass is 79.9. The van der Waals surface area contributed by atoms with Crippen LogP contribution in [0.4, 0.5) is 10.1 Å². The predicted molar refractivity (Wildman–Crippen MR) is 74.8 cm³/mol. The Morgan fingerprint density at radius 1 is 1.26 bits per heavy atom. The van der Waals surface area contributed by atoms with Crippen molar-refractivity contribution < 1.29 is 14.3 Å². The summed E-state index contributed by atoms with van der Waals surface area (Å²) in [5.41, 5.74) is 1.20. The molecule has 2 rings (SSSR count). The maximum Gasteiger partial charge on any atom is 0.335 e. The molecular weight excluding hydrogens is 313 g/mol. The minimum absolute atomic E-state index is 0.0658. The molecule has 0 fully saturated rings. The smallest absolute Gasteiger partial charge is 0.335 e. The zero-order valence-electron chi connectivity index (χ0n) is 9.86. The molecule has 0 bridgehead atoms. The van der Waals surface area contributed by atoms with Gasteiger partial charge in [0.25, 0.3) is 0 Å². The van der Waals surface area contributed by atoms with Crippen molar-refractivity contribution in [3.05, 3.63) is 63.9 Å². The minimum Gasteiger partial charge on any atom is -0.478 e. The van der Waals surface area contributed by atoms with Gasteiger partial charge in [-0.25, -0.2) is 9.18 Å². The Balaban J connectivity index is 2.12. The first-order valence-electron chi connectivity index (χ1n) is 5.58. The molecule has 0 amide bonds. The minimum atomic E-state index is -1.14. The first-order valence-corrected chi connectivity index (χ1v) is 6.37. The van der Waals surface area contributed by atoms with E-state index in [2.05, 4.69) is 21.2 Å². The van der Waals surface area contributed by atoms with E-state index in [9.17, 15) is 9.18 Å². The highest BCUT2D eigenvalue weighted by molar-refractivity contribution is 9.10. The summed E-state index contributed by atoms with van der Waals surface area (Å²) in [5, 5.41) is 11.7. The number of carboxylic acid groups (broad SMARTS) is 1. The van der Waals surface area contributed by atoms with Crippen molar-refractivity contribution in [1.29, 1.82) is 0 Å². The second kappa shape index (κ2) is 5.84. The molecular formula is C14H11BrFNO2. The van der Waals surface area contributed by atoms with E-state index in [1.54, 1.807) is 0 Å². The van der Waals surface area contributed by atoms with Crippen molar-refractivity contribution >= 4 is 27.6 Å². The molecule has 5 heteroatoms. The highest BCUT2D eigenvalue weighted by Gasteiger charge is 2.08. The van der Waals surface area contributed by atoms with E-state index < -0.39 is 11.8 Å². The van der Waals surface area contributed by atoms with Crippen LogP contribution in [-0.2, 0) is 6.54 Å². The van der Waals surface area contributed by atoms with E-state index in [4.69, 9.17) is 5.11 Å². The molecule has 0 heterocycles. The summed E-state index contributed by atoms with van der Waals surface area (Å²) in [6, 6.07) is 11.4. The van der Waals surface area contributed by atoms with Gasteiger partial charge >= 0.3 is 5.97 Å². The molecule has 98 valence electrons. The number of nitrogens with one attached hydrogen (secondary N) is 1. The number of benzene rings is 2. The molecule has 0 saturated carbocycles. The number of hydrogen-bond acceptors (Lipinski definition) is 2. The van der Waals surface area contributed by atoms with Crippen LogP contribution in [0.15, 0.2) is 46.9 Å². The maximum absolute atomic E-state index is 13.7. The molecule has 2 aromatic carbocycles. The average Bonchev–Trinajstić information content (AvgIpc) is 2.39. The van der Waals surface area contributed by atoms with Gasteiger partial charge in [-0.05, 0) is 29.8 Å². The van der Waals surface area contributed by atoms with Crippen molar-refractivity contribution in [2.24, 2.45) is 0 Å². The van der Waals surface area contributed by atoms with Gasteiger partial charge in [0.05, 0.1) is 11.3 Å². The van der Waals surface area contributed by atoms with Crippen LogP contribution in [0.5, 0.6) is 0 Å². The Kier molecular flexibility index (Phi) is 4.16. The Morgan fingerprint density at radius 3 is 2.63 bits per heavy atom. The van der Waals surface area contributed by atoms with Crippen molar-refractivity contribution in [2.75, 3.05) is 5.32 Å². The van der Waals surface area contributed by atoms with Gasteiger partial charge in [-0.2, -0.15) is 0 Å². The van der Waals surface area contributed by atoms with Crippen LogP contribution in [0.2, 0.25) is 0 Å². The van der Waals surface area contributed by atoms with Crippen molar-refractivity contribution in [2.45, 2.75) is 6.54 Å². The molecule has 0 aliphatic rings. The molecule has 0 aromatic heterocycles. The zero-order chi connectivity index (χ0) is 13.8. The fourth-order valence-electron chi connectivity index (χ4n) is 1.62. The van der Waals surface area contributed by atoms with Gasteiger partial charge in [0.15, 0.2) is 0 Å². The summed E-state index contributed by atoms with van der Waals surface area (Å²) in [4.78, 5) is 10.7. The monoisotopic (exact) mass is 323 g/mol. The quantitative estimate of drug-likeness (QED) is 0.897. The summed E-state index contributed by atoms with van der Waals surface area (Å²) in [6.45, 7) is 0.449. The summed E-state index contributed by atoms with van der Waals surface area (Å²) < 4.78 is 14.6. The Labute approximate surface area is 118 Å². The average molecular weight is 324 g/mol. The van der Waals surface area contributed by atoms with Gasteiger partial charge in [-0.1, -0.05) is 34.1 Å². The molecule has 19 heavy (non-hydrogen) atoms. The second-order valence-electron chi connectivity index (χ2n) is 3.94. The van der Waals surface area contributed by atoms with Crippen LogP contribution in [-0.4, -0.2) is 11.1 Å². The lowest BCUT2D eigenvalue weighted by molar-refractivity contribution is 0.0696. The first-order chi connectivity index (χ1) is 9.08. The summed E-state index contributed by atoms with van der Waals surface area (Å²) in [7, 11) is 0. The maximum atomic E-state index is 13.7. The lowest BCUT2D eigenvalue weighted by Crippen LogP contribution is -2.04. The van der Waals surface area contributed by atoms with E-state index >= 15 is 0 Å². The molecule has 0 aliphatic heterocycles. The molecule has 0 aliphatic carbocycles. The Hall–Kier alpha value is -1.88. The molecule has 0 atom stereocenters. The molecule has 0 radical (unpaired) electrons. The van der Waals surface area contributed by atoms with E-state index in [0.29, 0.717) is 6.54 Å². The number of aromatic carboxylic acids is 1. The lowest BCUT2D eigenvalue weighted by Gasteiger charge is -2.09. The molecule has 0 spiro atoms. The van der Waals surface area contributed by atoms with Gasteiger partial charge in [0, 0.05) is 11.0 Å². The number of carbonyl (C=O) groups is 1. The summed E-state index contributed by atoms with van der Waals surface area (Å²) in [5.74, 6) is -1.72. The largest absolute Gasteiger partial charge is 0.478 e. The topological polar surface area (TPSA) is 49.3 Å².